The Kier molecular flexibility index (Phi) is 8.30. The number of nitrogens with one attached hydrogen (secondary N) is 1. The molecular weight excluding hydrogens is 322 g/mol. The van der Waals surface area contributed by atoms with E-state index in [9.17, 15) is 9.59 Å². The van der Waals surface area contributed by atoms with E-state index >= 15 is 0 Å². The summed E-state index contributed by atoms with van der Waals surface area (Å²) in [5, 5.41) is 2.52. The van der Waals surface area contributed by atoms with Crippen molar-refractivity contribution in [1.82, 2.24) is 5.32 Å². The second-order valence-corrected chi connectivity index (χ2v) is 8.74. The van der Waals surface area contributed by atoms with Gasteiger partial charge in [-0.05, 0) is 48.0 Å². The zero-order chi connectivity index (χ0) is 19.0. The molecule has 0 bridgehead atoms. The van der Waals surface area contributed by atoms with Crippen molar-refractivity contribution in [2.75, 3.05) is 18.0 Å². The van der Waals surface area contributed by atoms with Crippen LogP contribution in [0.2, 0.25) is 0 Å². The lowest BCUT2D eigenvalue weighted by Gasteiger charge is -2.19. The summed E-state index contributed by atoms with van der Waals surface area (Å²) in [4.78, 5) is 23.0. The smallest absolute Gasteiger partial charge is 0.407 e. The van der Waals surface area contributed by atoms with Gasteiger partial charge in [-0.1, -0.05) is 21.6 Å². The second kappa shape index (κ2) is 10.3. The zero-order valence-electron chi connectivity index (χ0n) is 16.2. The Hall–Kier alpha value is -0.560. The summed E-state index contributed by atoms with van der Waals surface area (Å²) < 4.78 is 25.9. The number of ether oxygens (including phenoxy) is 2. The summed E-state index contributed by atoms with van der Waals surface area (Å²) in [5.41, 5.74) is -2.23. The van der Waals surface area contributed by atoms with Gasteiger partial charge in [-0.3, -0.25) is 4.79 Å². The summed E-state index contributed by atoms with van der Waals surface area (Å²) in [5.74, 6) is -0.320. The van der Waals surface area contributed by atoms with Gasteiger partial charge in [-0.25, -0.2) is 4.79 Å². The van der Waals surface area contributed by atoms with Crippen LogP contribution in [0.15, 0.2) is 0 Å². The van der Waals surface area contributed by atoms with Crippen molar-refractivity contribution in [2.24, 2.45) is 0 Å². The van der Waals surface area contributed by atoms with Crippen LogP contribution in [0.3, 0.4) is 0 Å². The largest absolute Gasteiger partial charge is 0.460 e. The molecule has 0 aliphatic carbocycles. The first kappa shape index (κ1) is 17.8. The molecule has 0 saturated carbocycles. The molecule has 0 aromatic rings. The number of amides is 1. The van der Waals surface area contributed by atoms with E-state index in [4.69, 9.17) is 12.2 Å². The molecule has 0 aliphatic heterocycles. The predicted molar refractivity (Wildman–Crippen MR) is 94.2 cm³/mol. The van der Waals surface area contributed by atoms with Crippen LogP contribution < -0.4 is 5.32 Å². The first-order valence-corrected chi connectivity index (χ1v) is 9.41. The van der Waals surface area contributed by atoms with Crippen LogP contribution in [0.5, 0.6) is 0 Å². The molecule has 5 nitrogen and oxygen atoms in total. The van der Waals surface area contributed by atoms with E-state index in [0.717, 1.165) is 0 Å². The summed E-state index contributed by atoms with van der Waals surface area (Å²) in [7, 11) is 2.39. The summed E-state index contributed by atoms with van der Waals surface area (Å²) in [6.07, 6.45) is -0.0194. The molecule has 2 unspecified atom stereocenters. The topological polar surface area (TPSA) is 64.6 Å². The van der Waals surface area contributed by atoms with Crippen LogP contribution in [-0.4, -0.2) is 41.3 Å². The van der Waals surface area contributed by atoms with Gasteiger partial charge in [0.15, 0.2) is 0 Å². The highest BCUT2D eigenvalue weighted by molar-refractivity contribution is 8.76. The minimum absolute atomic E-state index is 0.130. The van der Waals surface area contributed by atoms with Gasteiger partial charge in [-0.15, -0.1) is 0 Å². The van der Waals surface area contributed by atoms with E-state index in [1.54, 1.807) is 41.5 Å². The maximum atomic E-state index is 11.6. The van der Waals surface area contributed by atoms with Gasteiger partial charge in [0.25, 0.3) is 0 Å². The molecule has 0 aromatic carbocycles. The van der Waals surface area contributed by atoms with Gasteiger partial charge >= 0.3 is 12.1 Å². The van der Waals surface area contributed by atoms with Crippen molar-refractivity contribution in [3.8, 4) is 0 Å². The molecule has 0 rings (SSSR count). The molecule has 1 amide bonds. The average molecular weight is 354 g/mol. The Morgan fingerprint density at radius 2 is 1.55 bits per heavy atom. The first-order valence-electron chi connectivity index (χ1n) is 8.29. The zero-order valence-corrected chi connectivity index (χ0v) is 15.9. The number of esters is 1. The molecule has 130 valence electrons. The standard InChI is InChI=1S/C15H29NO4S2/c1-14(2,3)19-12(17)8-7-10-21-22-11-9-16-13(18)20-15(4,5)6/h7-11H2,1-6H3,(H,16,18)/i10D,11D. The Balaban J connectivity index is 3.88. The minimum atomic E-state index is -0.614. The first-order chi connectivity index (χ1) is 10.8. The summed E-state index contributed by atoms with van der Waals surface area (Å²) >= 11 is 0. The summed E-state index contributed by atoms with van der Waals surface area (Å²) in [6, 6.07) is 0. The van der Waals surface area contributed by atoms with E-state index in [-0.39, 0.29) is 18.9 Å². The van der Waals surface area contributed by atoms with Gasteiger partial charge in [0.1, 0.15) is 11.2 Å². The quantitative estimate of drug-likeness (QED) is 0.525. The second-order valence-electron chi connectivity index (χ2n) is 6.53. The van der Waals surface area contributed by atoms with E-state index < -0.39 is 28.8 Å². The van der Waals surface area contributed by atoms with Crippen molar-refractivity contribution >= 4 is 33.7 Å². The lowest BCUT2D eigenvalue weighted by molar-refractivity contribution is -0.154. The van der Waals surface area contributed by atoms with E-state index in [2.05, 4.69) is 5.32 Å². The Morgan fingerprint density at radius 1 is 1.00 bits per heavy atom. The average Bonchev–Trinajstić information content (AvgIpc) is 2.36. The molecular formula is C15H29NO4S2. The Morgan fingerprint density at radius 3 is 2.09 bits per heavy atom. The fraction of sp³-hybridized carbons (Fsp3) is 0.867. The molecule has 0 saturated heterocycles. The fourth-order valence-electron chi connectivity index (χ4n) is 1.17. The van der Waals surface area contributed by atoms with Crippen LogP contribution in [-0.2, 0) is 14.3 Å². The number of hydrogen-bond acceptors (Lipinski definition) is 6. The molecule has 1 N–H and O–H groups in total. The van der Waals surface area contributed by atoms with Gasteiger partial charge in [0.2, 0.25) is 0 Å². The highest BCUT2D eigenvalue weighted by atomic mass is 33.1. The molecule has 0 fully saturated rings. The minimum Gasteiger partial charge on any atom is -0.460 e. The van der Waals surface area contributed by atoms with Crippen LogP contribution in [0.4, 0.5) is 4.79 Å². The van der Waals surface area contributed by atoms with Crippen molar-refractivity contribution in [2.45, 2.75) is 65.6 Å². The number of hydrogen-bond donors (Lipinski definition) is 1. The highest BCUT2D eigenvalue weighted by Crippen LogP contribution is 2.22. The Bertz CT molecular complexity index is 373. The van der Waals surface area contributed by atoms with Gasteiger partial charge in [-0.2, -0.15) is 0 Å². The molecule has 0 heterocycles. The van der Waals surface area contributed by atoms with Crippen LogP contribution >= 0.6 is 21.6 Å². The summed E-state index contributed by atoms with van der Waals surface area (Å²) in [6.45, 7) is 10.8. The van der Waals surface area contributed by atoms with E-state index in [1.165, 1.54) is 21.6 Å². The van der Waals surface area contributed by atoms with E-state index in [1.807, 2.05) is 0 Å². The lowest BCUT2D eigenvalue weighted by Crippen LogP contribution is -2.33. The lowest BCUT2D eigenvalue weighted by atomic mass is 10.2. The van der Waals surface area contributed by atoms with E-state index in [0.29, 0.717) is 6.42 Å². The SMILES string of the molecule is [2H]C(CCC(=O)OC(C)(C)C)SSC([2H])CNC(=O)OC(C)(C)C. The van der Waals surface area contributed by atoms with Gasteiger partial charge in [0, 0.05) is 27.2 Å². The predicted octanol–water partition coefficient (Wildman–Crippen LogP) is 4.01. The van der Waals surface area contributed by atoms with Crippen molar-refractivity contribution < 1.29 is 21.8 Å². The van der Waals surface area contributed by atoms with Gasteiger partial charge in [0.05, 0.1) is 0 Å². The maximum absolute atomic E-state index is 11.6. The molecule has 22 heavy (non-hydrogen) atoms. The molecule has 0 aliphatic rings. The highest BCUT2D eigenvalue weighted by Gasteiger charge is 2.16. The normalized spacial score (nSPS) is 16.1. The third-order valence-electron chi connectivity index (χ3n) is 1.81. The molecule has 2 atom stereocenters. The molecule has 0 radical (unpaired) electrons. The van der Waals surface area contributed by atoms with Crippen molar-refractivity contribution in [3.05, 3.63) is 0 Å². The molecule has 7 heteroatoms. The van der Waals surface area contributed by atoms with Crippen LogP contribution in [0, 0.1) is 0 Å². The number of rotatable bonds is 8. The third kappa shape index (κ3) is 15.8. The number of carbonyl (C=O) groups is 2. The molecule has 0 aromatic heterocycles. The number of carbonyl (C=O) groups excluding carboxylic acids is 2. The molecule has 0 spiro atoms. The number of alkyl carbamates (subject to hydrolysis) is 1. The maximum Gasteiger partial charge on any atom is 0.407 e. The van der Waals surface area contributed by atoms with Gasteiger partial charge < -0.3 is 14.8 Å². The van der Waals surface area contributed by atoms with Crippen molar-refractivity contribution in [1.29, 1.82) is 0 Å². The third-order valence-corrected chi connectivity index (χ3v) is 3.74. The van der Waals surface area contributed by atoms with Crippen molar-refractivity contribution in [3.63, 3.8) is 0 Å². The Labute approximate surface area is 144 Å². The monoisotopic (exact) mass is 353 g/mol. The fourth-order valence-corrected chi connectivity index (χ4v) is 2.66. The van der Waals surface area contributed by atoms with Crippen LogP contribution in [0.25, 0.3) is 0 Å². The van der Waals surface area contributed by atoms with Crippen LogP contribution in [0.1, 0.15) is 57.1 Å².